The van der Waals surface area contributed by atoms with Crippen molar-refractivity contribution in [2.24, 2.45) is 5.92 Å². The minimum absolute atomic E-state index is 0.0123. The van der Waals surface area contributed by atoms with Gasteiger partial charge in [-0.2, -0.15) is 0 Å². The van der Waals surface area contributed by atoms with Crippen molar-refractivity contribution in [2.75, 3.05) is 0 Å². The van der Waals surface area contributed by atoms with Crippen LogP contribution in [0.5, 0.6) is 0 Å². The Labute approximate surface area is 100 Å². The largest absolute Gasteiger partial charge is 0.481 e. The highest BCUT2D eigenvalue weighted by Gasteiger charge is 2.15. The number of hydrogen-bond acceptors (Lipinski definition) is 3. The number of aliphatic carboxylic acids is 1. The molecule has 0 saturated heterocycles. The number of carboxylic acids is 1. The third-order valence-electron chi connectivity index (χ3n) is 2.42. The second-order valence-electron chi connectivity index (χ2n) is 3.93. The summed E-state index contributed by atoms with van der Waals surface area (Å²) in [4.78, 5) is 21.9. The number of carbonyl (C=O) groups is 2. The van der Waals surface area contributed by atoms with Gasteiger partial charge in [0.05, 0.1) is 5.92 Å². The van der Waals surface area contributed by atoms with Crippen molar-refractivity contribution in [1.82, 2.24) is 0 Å². The summed E-state index contributed by atoms with van der Waals surface area (Å²) in [6, 6.07) is 9.37. The number of esters is 1. The van der Waals surface area contributed by atoms with Crippen molar-refractivity contribution in [3.05, 3.63) is 35.9 Å². The first-order valence-corrected chi connectivity index (χ1v) is 5.52. The van der Waals surface area contributed by atoms with Crippen LogP contribution in [0.3, 0.4) is 0 Å². The Morgan fingerprint density at radius 1 is 1.29 bits per heavy atom. The molecule has 1 unspecified atom stereocenters. The zero-order valence-corrected chi connectivity index (χ0v) is 9.76. The molecule has 1 aromatic rings. The van der Waals surface area contributed by atoms with Gasteiger partial charge >= 0.3 is 11.9 Å². The lowest BCUT2D eigenvalue weighted by molar-refractivity contribution is -0.149. The van der Waals surface area contributed by atoms with E-state index in [2.05, 4.69) is 0 Å². The molecule has 0 aliphatic rings. The lowest BCUT2D eigenvalue weighted by Gasteiger charge is -2.10. The Kier molecular flexibility index (Phi) is 5.20. The fourth-order valence-electron chi connectivity index (χ4n) is 1.33. The molecule has 0 spiro atoms. The lowest BCUT2D eigenvalue weighted by Crippen LogP contribution is -2.15. The van der Waals surface area contributed by atoms with Crippen molar-refractivity contribution in [2.45, 2.75) is 26.4 Å². The lowest BCUT2D eigenvalue weighted by atomic mass is 10.1. The van der Waals surface area contributed by atoms with Crippen LogP contribution in [-0.2, 0) is 20.9 Å². The average molecular weight is 236 g/mol. The van der Waals surface area contributed by atoms with Crippen molar-refractivity contribution in [3.63, 3.8) is 0 Å². The smallest absolute Gasteiger partial charge is 0.308 e. The Morgan fingerprint density at radius 3 is 2.53 bits per heavy atom. The number of carbonyl (C=O) groups excluding carboxylic acids is 1. The number of benzene rings is 1. The van der Waals surface area contributed by atoms with Gasteiger partial charge in [0.1, 0.15) is 6.61 Å². The quantitative estimate of drug-likeness (QED) is 0.769. The molecule has 1 aromatic carbocycles. The Hall–Kier alpha value is -1.84. The first-order chi connectivity index (χ1) is 8.09. The van der Waals surface area contributed by atoms with E-state index in [0.29, 0.717) is 6.42 Å². The van der Waals surface area contributed by atoms with E-state index >= 15 is 0 Å². The van der Waals surface area contributed by atoms with E-state index in [0.717, 1.165) is 5.56 Å². The molecule has 0 radical (unpaired) electrons. The van der Waals surface area contributed by atoms with Crippen LogP contribution in [0.2, 0.25) is 0 Å². The molecule has 1 atom stereocenters. The molecule has 0 aliphatic heterocycles. The maximum absolute atomic E-state index is 11.5. The van der Waals surface area contributed by atoms with Gasteiger partial charge in [-0.05, 0) is 12.0 Å². The van der Waals surface area contributed by atoms with Crippen molar-refractivity contribution < 1.29 is 19.4 Å². The van der Waals surface area contributed by atoms with Gasteiger partial charge in [-0.25, -0.2) is 0 Å². The normalized spacial score (nSPS) is 11.8. The van der Waals surface area contributed by atoms with Crippen molar-refractivity contribution in [1.29, 1.82) is 0 Å². The maximum Gasteiger partial charge on any atom is 0.308 e. The minimum atomic E-state index is -0.896. The summed E-state index contributed by atoms with van der Waals surface area (Å²) >= 11 is 0. The molecule has 17 heavy (non-hydrogen) atoms. The highest BCUT2D eigenvalue weighted by molar-refractivity contribution is 5.73. The second kappa shape index (κ2) is 6.68. The molecule has 4 nitrogen and oxygen atoms in total. The van der Waals surface area contributed by atoms with E-state index in [1.807, 2.05) is 30.3 Å². The van der Waals surface area contributed by atoms with Crippen LogP contribution in [0.4, 0.5) is 0 Å². The predicted octanol–water partition coefficient (Wildman–Crippen LogP) is 2.23. The number of ether oxygens (including phenoxy) is 1. The van der Waals surface area contributed by atoms with Gasteiger partial charge in [-0.1, -0.05) is 37.3 Å². The molecule has 4 heteroatoms. The number of hydrogen-bond donors (Lipinski definition) is 1. The van der Waals surface area contributed by atoms with E-state index in [-0.39, 0.29) is 24.9 Å². The van der Waals surface area contributed by atoms with Crippen LogP contribution in [0.15, 0.2) is 30.3 Å². The third kappa shape index (κ3) is 5.15. The van der Waals surface area contributed by atoms with E-state index < -0.39 is 5.97 Å². The molecule has 1 rings (SSSR count). The van der Waals surface area contributed by atoms with Gasteiger partial charge < -0.3 is 9.84 Å². The molecule has 0 fully saturated rings. The summed E-state index contributed by atoms with van der Waals surface area (Å²) in [6.07, 6.45) is 0.296. The molecular weight excluding hydrogens is 220 g/mol. The highest BCUT2D eigenvalue weighted by Crippen LogP contribution is 2.10. The maximum atomic E-state index is 11.5. The zero-order valence-electron chi connectivity index (χ0n) is 9.76. The zero-order chi connectivity index (χ0) is 12.7. The van der Waals surface area contributed by atoms with Crippen LogP contribution in [-0.4, -0.2) is 17.0 Å². The van der Waals surface area contributed by atoms with Crippen molar-refractivity contribution >= 4 is 11.9 Å². The Balaban J connectivity index is 2.32. The van der Waals surface area contributed by atoms with Crippen LogP contribution < -0.4 is 0 Å². The summed E-state index contributed by atoms with van der Waals surface area (Å²) in [5.41, 5.74) is 0.922. The van der Waals surface area contributed by atoms with Gasteiger partial charge in [-0.3, -0.25) is 9.59 Å². The summed E-state index contributed by atoms with van der Waals surface area (Å²) in [5, 5.41) is 8.50. The molecular formula is C13H16O4. The van der Waals surface area contributed by atoms with Gasteiger partial charge in [0.2, 0.25) is 0 Å². The topological polar surface area (TPSA) is 63.6 Å². The minimum Gasteiger partial charge on any atom is -0.481 e. The third-order valence-corrected chi connectivity index (χ3v) is 2.42. The summed E-state index contributed by atoms with van der Waals surface area (Å²) < 4.78 is 5.09. The van der Waals surface area contributed by atoms with Crippen LogP contribution in [0, 0.1) is 5.92 Å². The first-order valence-electron chi connectivity index (χ1n) is 5.52. The molecule has 0 saturated carbocycles. The summed E-state index contributed by atoms with van der Waals surface area (Å²) in [5.74, 6) is -1.63. The van der Waals surface area contributed by atoms with Gasteiger partial charge in [0, 0.05) is 6.42 Å². The standard InChI is InChI=1S/C13H16O4/c1-10(7-8-12(14)15)13(16)17-9-11-5-3-2-4-6-11/h2-6,10H,7-9H2,1H3,(H,14,15). The van der Waals surface area contributed by atoms with Crippen LogP contribution in [0.25, 0.3) is 0 Å². The van der Waals surface area contributed by atoms with Gasteiger partial charge in [0.25, 0.3) is 0 Å². The van der Waals surface area contributed by atoms with Crippen LogP contribution >= 0.6 is 0 Å². The predicted molar refractivity (Wildman–Crippen MR) is 62.3 cm³/mol. The number of rotatable bonds is 6. The molecule has 0 aliphatic carbocycles. The Bertz CT molecular complexity index is 372. The summed E-state index contributed by atoms with van der Waals surface area (Å²) in [7, 11) is 0. The SMILES string of the molecule is CC(CCC(=O)O)C(=O)OCc1ccccc1. The molecule has 92 valence electrons. The van der Waals surface area contributed by atoms with E-state index in [1.165, 1.54) is 0 Å². The molecule has 0 amide bonds. The monoisotopic (exact) mass is 236 g/mol. The fraction of sp³-hybridized carbons (Fsp3) is 0.385. The first kappa shape index (κ1) is 13.2. The van der Waals surface area contributed by atoms with E-state index in [1.54, 1.807) is 6.92 Å². The molecule has 1 N–H and O–H groups in total. The molecule has 0 heterocycles. The van der Waals surface area contributed by atoms with Gasteiger partial charge in [-0.15, -0.1) is 0 Å². The number of carboxylic acid groups (broad SMARTS) is 1. The Morgan fingerprint density at radius 2 is 1.94 bits per heavy atom. The van der Waals surface area contributed by atoms with Gasteiger partial charge in [0.15, 0.2) is 0 Å². The average Bonchev–Trinajstić information content (AvgIpc) is 2.34. The summed E-state index contributed by atoms with van der Waals surface area (Å²) in [6.45, 7) is 1.91. The van der Waals surface area contributed by atoms with Crippen molar-refractivity contribution in [3.8, 4) is 0 Å². The molecule has 0 aromatic heterocycles. The molecule has 0 bridgehead atoms. The van der Waals surface area contributed by atoms with E-state index in [4.69, 9.17) is 9.84 Å². The second-order valence-corrected chi connectivity index (χ2v) is 3.93. The fourth-order valence-corrected chi connectivity index (χ4v) is 1.33. The van der Waals surface area contributed by atoms with Crippen LogP contribution in [0.1, 0.15) is 25.3 Å². The highest BCUT2D eigenvalue weighted by atomic mass is 16.5. The van der Waals surface area contributed by atoms with E-state index in [9.17, 15) is 9.59 Å².